The first-order valence-electron chi connectivity index (χ1n) is 6.27. The summed E-state index contributed by atoms with van der Waals surface area (Å²) >= 11 is 0. The lowest BCUT2D eigenvalue weighted by Gasteiger charge is -2.26. The molecule has 1 aliphatic rings. The number of anilines is 1. The second kappa shape index (κ2) is 4.97. The largest absolute Gasteiger partial charge is 0.395 e. The number of nitrogen functional groups attached to an aromatic ring is 1. The van der Waals surface area contributed by atoms with Gasteiger partial charge in [0.1, 0.15) is 0 Å². The van der Waals surface area contributed by atoms with Crippen molar-refractivity contribution < 1.29 is 9.53 Å². The van der Waals surface area contributed by atoms with Crippen LogP contribution in [0, 0.1) is 0 Å². The van der Waals surface area contributed by atoms with Crippen molar-refractivity contribution >= 4 is 11.6 Å². The van der Waals surface area contributed by atoms with Gasteiger partial charge in [0.05, 0.1) is 23.5 Å². The van der Waals surface area contributed by atoms with Gasteiger partial charge in [0.15, 0.2) is 5.69 Å². The Kier molecular flexibility index (Phi) is 3.56. The molecule has 1 amide bonds. The quantitative estimate of drug-likeness (QED) is 0.833. The predicted octanol–water partition coefficient (Wildman–Crippen LogP) is 0.804. The standard InChI is InChI=1S/C12H20N4O2/c1-4-8-10(13)11(15-14-8)12(17)16(3)9-5-6-18-7(9)2/h7,9H,4-6,13H2,1-3H3,(H,14,15). The number of amides is 1. The first-order valence-corrected chi connectivity index (χ1v) is 6.27. The zero-order chi connectivity index (χ0) is 13.3. The predicted molar refractivity (Wildman–Crippen MR) is 68.3 cm³/mol. The molecular weight excluding hydrogens is 232 g/mol. The summed E-state index contributed by atoms with van der Waals surface area (Å²) in [5, 5.41) is 6.83. The average Bonchev–Trinajstić information content (AvgIpc) is 2.93. The first kappa shape index (κ1) is 12.9. The Morgan fingerprint density at radius 2 is 2.39 bits per heavy atom. The zero-order valence-electron chi connectivity index (χ0n) is 11.1. The monoisotopic (exact) mass is 252 g/mol. The van der Waals surface area contributed by atoms with Gasteiger partial charge < -0.3 is 15.4 Å². The number of likely N-dealkylation sites (N-methyl/N-ethyl adjacent to an activating group) is 1. The van der Waals surface area contributed by atoms with Gasteiger partial charge in [-0.25, -0.2) is 0 Å². The van der Waals surface area contributed by atoms with Gasteiger partial charge in [0.25, 0.3) is 5.91 Å². The van der Waals surface area contributed by atoms with Crippen LogP contribution < -0.4 is 5.73 Å². The van der Waals surface area contributed by atoms with Gasteiger partial charge >= 0.3 is 0 Å². The molecule has 0 saturated carbocycles. The van der Waals surface area contributed by atoms with Crippen molar-refractivity contribution in [1.29, 1.82) is 0 Å². The SMILES string of the molecule is CCc1[nH]nc(C(=O)N(C)C2CCOC2C)c1N. The van der Waals surface area contributed by atoms with E-state index in [1.165, 1.54) is 0 Å². The Morgan fingerprint density at radius 1 is 1.67 bits per heavy atom. The number of hydrogen-bond acceptors (Lipinski definition) is 4. The van der Waals surface area contributed by atoms with Crippen LogP contribution in [0.2, 0.25) is 0 Å². The van der Waals surface area contributed by atoms with Crippen LogP contribution in [0.5, 0.6) is 0 Å². The van der Waals surface area contributed by atoms with Crippen molar-refractivity contribution in [2.75, 3.05) is 19.4 Å². The third-order valence-electron chi connectivity index (χ3n) is 3.59. The summed E-state index contributed by atoms with van der Waals surface area (Å²) in [5.41, 5.74) is 7.49. The molecule has 1 aromatic rings. The minimum Gasteiger partial charge on any atom is -0.395 e. The number of carbonyl (C=O) groups excluding carboxylic acids is 1. The highest BCUT2D eigenvalue weighted by molar-refractivity contribution is 5.97. The maximum absolute atomic E-state index is 12.3. The van der Waals surface area contributed by atoms with Gasteiger partial charge in [-0.1, -0.05) is 6.92 Å². The van der Waals surface area contributed by atoms with Gasteiger partial charge in [0, 0.05) is 13.7 Å². The number of nitrogens with zero attached hydrogens (tertiary/aromatic N) is 2. The molecule has 2 atom stereocenters. The average molecular weight is 252 g/mol. The Balaban J connectivity index is 2.17. The Labute approximate surface area is 106 Å². The second-order valence-electron chi connectivity index (χ2n) is 4.67. The Bertz CT molecular complexity index is 443. The molecule has 0 radical (unpaired) electrons. The summed E-state index contributed by atoms with van der Waals surface area (Å²) < 4.78 is 5.48. The highest BCUT2D eigenvalue weighted by atomic mass is 16.5. The molecule has 0 aliphatic carbocycles. The summed E-state index contributed by atoms with van der Waals surface area (Å²) in [5.74, 6) is -0.147. The lowest BCUT2D eigenvalue weighted by molar-refractivity contribution is 0.0570. The third-order valence-corrected chi connectivity index (χ3v) is 3.59. The number of H-pyrrole nitrogens is 1. The number of carbonyl (C=O) groups is 1. The van der Waals surface area contributed by atoms with Crippen LogP contribution >= 0.6 is 0 Å². The number of aromatic nitrogens is 2. The summed E-state index contributed by atoms with van der Waals surface area (Å²) in [6.07, 6.45) is 1.65. The molecule has 6 nitrogen and oxygen atoms in total. The highest BCUT2D eigenvalue weighted by Gasteiger charge is 2.32. The van der Waals surface area contributed by atoms with Gasteiger partial charge in [-0.2, -0.15) is 5.10 Å². The van der Waals surface area contributed by atoms with E-state index in [0.29, 0.717) is 18.0 Å². The van der Waals surface area contributed by atoms with E-state index in [1.807, 2.05) is 13.8 Å². The third kappa shape index (κ3) is 2.08. The normalized spacial score (nSPS) is 23.3. The number of ether oxygens (including phenoxy) is 1. The summed E-state index contributed by atoms with van der Waals surface area (Å²) in [6.45, 7) is 4.64. The molecule has 2 rings (SSSR count). The summed E-state index contributed by atoms with van der Waals surface area (Å²) in [6, 6.07) is 0.0960. The highest BCUT2D eigenvalue weighted by Crippen LogP contribution is 2.22. The number of rotatable bonds is 3. The number of nitrogens with two attached hydrogens (primary N) is 1. The van der Waals surface area contributed by atoms with E-state index >= 15 is 0 Å². The molecule has 1 aromatic heterocycles. The van der Waals surface area contributed by atoms with Crippen molar-refractivity contribution in [3.05, 3.63) is 11.4 Å². The Morgan fingerprint density at radius 3 is 2.89 bits per heavy atom. The van der Waals surface area contributed by atoms with Gasteiger partial charge in [-0.05, 0) is 19.8 Å². The van der Waals surface area contributed by atoms with Crippen molar-refractivity contribution in [3.63, 3.8) is 0 Å². The van der Waals surface area contributed by atoms with E-state index in [-0.39, 0.29) is 18.1 Å². The van der Waals surface area contributed by atoms with Crippen LogP contribution in [-0.4, -0.2) is 46.8 Å². The molecule has 6 heteroatoms. The molecule has 2 heterocycles. The van der Waals surface area contributed by atoms with Crippen molar-refractivity contribution in [2.45, 2.75) is 38.8 Å². The molecule has 1 fully saturated rings. The number of hydrogen-bond donors (Lipinski definition) is 2. The first-order chi connectivity index (χ1) is 8.56. The fourth-order valence-electron chi connectivity index (χ4n) is 2.37. The number of aromatic amines is 1. The van der Waals surface area contributed by atoms with Crippen molar-refractivity contribution in [1.82, 2.24) is 15.1 Å². The smallest absolute Gasteiger partial charge is 0.276 e. The van der Waals surface area contributed by atoms with E-state index < -0.39 is 0 Å². The molecule has 0 bridgehead atoms. The molecule has 0 aromatic carbocycles. The van der Waals surface area contributed by atoms with Crippen LogP contribution in [0.15, 0.2) is 0 Å². The van der Waals surface area contributed by atoms with Gasteiger partial charge in [-0.15, -0.1) is 0 Å². The molecular formula is C12H20N4O2. The summed E-state index contributed by atoms with van der Waals surface area (Å²) in [4.78, 5) is 14.0. The van der Waals surface area contributed by atoms with E-state index in [0.717, 1.165) is 18.5 Å². The molecule has 1 aliphatic heterocycles. The lowest BCUT2D eigenvalue weighted by Crippen LogP contribution is -2.41. The van der Waals surface area contributed by atoms with E-state index in [1.54, 1.807) is 11.9 Å². The topological polar surface area (TPSA) is 84.2 Å². The van der Waals surface area contributed by atoms with E-state index in [9.17, 15) is 4.79 Å². The van der Waals surface area contributed by atoms with E-state index in [2.05, 4.69) is 10.2 Å². The van der Waals surface area contributed by atoms with Gasteiger partial charge in [-0.3, -0.25) is 9.89 Å². The van der Waals surface area contributed by atoms with Crippen LogP contribution in [0.1, 0.15) is 36.5 Å². The Hall–Kier alpha value is -1.56. The van der Waals surface area contributed by atoms with Crippen LogP contribution in [0.25, 0.3) is 0 Å². The molecule has 18 heavy (non-hydrogen) atoms. The molecule has 0 spiro atoms. The maximum Gasteiger partial charge on any atom is 0.276 e. The lowest BCUT2D eigenvalue weighted by atomic mass is 10.1. The molecule has 2 unspecified atom stereocenters. The minimum absolute atomic E-state index is 0.0600. The second-order valence-corrected chi connectivity index (χ2v) is 4.67. The van der Waals surface area contributed by atoms with Gasteiger partial charge in [0.2, 0.25) is 0 Å². The van der Waals surface area contributed by atoms with E-state index in [4.69, 9.17) is 10.5 Å². The van der Waals surface area contributed by atoms with Crippen LogP contribution in [0.3, 0.4) is 0 Å². The van der Waals surface area contributed by atoms with Crippen LogP contribution in [-0.2, 0) is 11.2 Å². The van der Waals surface area contributed by atoms with Crippen molar-refractivity contribution in [2.24, 2.45) is 0 Å². The number of nitrogens with one attached hydrogen (secondary N) is 1. The zero-order valence-corrected chi connectivity index (χ0v) is 11.1. The fraction of sp³-hybridized carbons (Fsp3) is 0.667. The van der Waals surface area contributed by atoms with Crippen molar-refractivity contribution in [3.8, 4) is 0 Å². The molecule has 100 valence electrons. The van der Waals surface area contributed by atoms with Crippen LogP contribution in [0.4, 0.5) is 5.69 Å². The number of aryl methyl sites for hydroxylation is 1. The molecule has 1 saturated heterocycles. The summed E-state index contributed by atoms with van der Waals surface area (Å²) in [7, 11) is 1.78. The molecule has 3 N–H and O–H groups in total. The minimum atomic E-state index is -0.147. The fourth-order valence-corrected chi connectivity index (χ4v) is 2.37. The maximum atomic E-state index is 12.3.